The number of alkyl halides is 2. The van der Waals surface area contributed by atoms with Gasteiger partial charge in [-0.05, 0) is 63.6 Å². The van der Waals surface area contributed by atoms with Crippen LogP contribution in [0.1, 0.15) is 69.3 Å². The smallest absolute Gasteiger partial charge is 0.270 e. The number of aromatic nitrogens is 4. The van der Waals surface area contributed by atoms with Crippen molar-refractivity contribution in [3.63, 3.8) is 0 Å². The Hall–Kier alpha value is -3.35. The lowest BCUT2D eigenvalue weighted by atomic mass is 9.79. The van der Waals surface area contributed by atoms with Gasteiger partial charge in [-0.15, -0.1) is 0 Å². The molecule has 2 aromatic heterocycles. The second kappa shape index (κ2) is 11.9. The maximum absolute atomic E-state index is 14.0. The molecule has 2 aliphatic heterocycles. The number of likely N-dealkylation sites (tertiary alicyclic amines) is 1. The number of amides is 3. The van der Waals surface area contributed by atoms with Gasteiger partial charge in [0.1, 0.15) is 17.3 Å². The van der Waals surface area contributed by atoms with Crippen LogP contribution in [-0.4, -0.2) is 80.3 Å². The van der Waals surface area contributed by atoms with E-state index in [4.69, 9.17) is 0 Å². The molecule has 224 valence electrons. The van der Waals surface area contributed by atoms with Gasteiger partial charge in [0.2, 0.25) is 5.91 Å². The first-order valence-electron chi connectivity index (χ1n) is 14.7. The van der Waals surface area contributed by atoms with Crippen molar-refractivity contribution in [1.29, 1.82) is 0 Å². The molecule has 1 aliphatic carbocycles. The van der Waals surface area contributed by atoms with Gasteiger partial charge >= 0.3 is 0 Å². The van der Waals surface area contributed by atoms with Crippen LogP contribution >= 0.6 is 0 Å². The Labute approximate surface area is 238 Å². The summed E-state index contributed by atoms with van der Waals surface area (Å²) in [6.45, 7) is 5.11. The van der Waals surface area contributed by atoms with Gasteiger partial charge in [-0.3, -0.25) is 23.7 Å². The predicted octanol–water partition coefficient (Wildman–Crippen LogP) is 2.61. The predicted molar refractivity (Wildman–Crippen MR) is 147 cm³/mol. The Morgan fingerprint density at radius 1 is 1.12 bits per heavy atom. The van der Waals surface area contributed by atoms with Crippen LogP contribution < -0.4 is 16.0 Å². The number of halogens is 2. The number of hydrogen-bond donors (Lipinski definition) is 3. The Morgan fingerprint density at radius 3 is 2.51 bits per heavy atom. The molecule has 4 heterocycles. The minimum absolute atomic E-state index is 0.00416. The van der Waals surface area contributed by atoms with E-state index in [2.05, 4.69) is 33.1 Å². The number of piperidine rings is 1. The molecule has 0 radical (unpaired) electrons. The maximum Gasteiger partial charge on any atom is 0.270 e. The van der Waals surface area contributed by atoms with E-state index in [-0.39, 0.29) is 36.6 Å². The second-order valence-electron chi connectivity index (χ2n) is 11.8. The fourth-order valence-corrected chi connectivity index (χ4v) is 6.44. The Balaban J connectivity index is 1.35. The van der Waals surface area contributed by atoms with Crippen LogP contribution in [0.5, 0.6) is 0 Å². The van der Waals surface area contributed by atoms with E-state index in [1.807, 2.05) is 6.92 Å². The fraction of sp³-hybridized carbons (Fsp3) is 0.679. The SMILES string of the molecule is CCn1nccc1C(=O)N[C@H](C(=O)Nc1cnn(C2(C(=O)N3CCC(F)(F)C3)CCNCC2)c1)C1CCC(C)CC1. The van der Waals surface area contributed by atoms with Crippen molar-refractivity contribution in [3.8, 4) is 0 Å². The Morgan fingerprint density at radius 2 is 1.85 bits per heavy atom. The van der Waals surface area contributed by atoms with Gasteiger partial charge in [0.15, 0.2) is 0 Å². The summed E-state index contributed by atoms with van der Waals surface area (Å²) in [5.74, 6) is -3.44. The van der Waals surface area contributed by atoms with E-state index in [0.717, 1.165) is 25.7 Å². The van der Waals surface area contributed by atoms with Crippen molar-refractivity contribution in [2.45, 2.75) is 82.8 Å². The quantitative estimate of drug-likeness (QED) is 0.445. The van der Waals surface area contributed by atoms with Crippen molar-refractivity contribution in [2.24, 2.45) is 11.8 Å². The number of rotatable bonds is 8. The van der Waals surface area contributed by atoms with Crippen molar-refractivity contribution in [2.75, 3.05) is 31.5 Å². The number of aryl methyl sites for hydroxylation is 1. The van der Waals surface area contributed by atoms with E-state index < -0.39 is 24.0 Å². The highest BCUT2D eigenvalue weighted by Gasteiger charge is 2.49. The molecule has 1 saturated carbocycles. The van der Waals surface area contributed by atoms with Crippen molar-refractivity contribution < 1.29 is 23.2 Å². The topological polar surface area (TPSA) is 126 Å². The minimum Gasteiger partial charge on any atom is -0.339 e. The van der Waals surface area contributed by atoms with Crippen LogP contribution in [0.4, 0.5) is 14.5 Å². The van der Waals surface area contributed by atoms with E-state index in [1.54, 1.807) is 23.1 Å². The molecule has 3 amide bonds. The summed E-state index contributed by atoms with van der Waals surface area (Å²) in [6, 6.07) is 0.867. The standard InChI is InChI=1S/C28H40F2N8O3/c1-3-37-22(8-12-32-37)24(39)35-23(20-6-4-19(2)5-7-20)25(40)34-21-16-33-38(17-21)27(9-13-31-14-10-27)26(41)36-15-11-28(29,30)18-36/h8,12,16-17,19-20,23,31H,3-7,9-11,13-15,18H2,1-2H3,(H,34,40)(H,35,39)/t19?,20?,23-/m0/s1. The molecule has 0 spiro atoms. The number of nitrogens with zero attached hydrogens (tertiary/aromatic N) is 5. The molecular weight excluding hydrogens is 534 g/mol. The van der Waals surface area contributed by atoms with Crippen molar-refractivity contribution in [3.05, 3.63) is 30.4 Å². The van der Waals surface area contributed by atoms with Crippen LogP contribution in [0.15, 0.2) is 24.7 Å². The summed E-state index contributed by atoms with van der Waals surface area (Å²) < 4.78 is 31.0. The van der Waals surface area contributed by atoms with Crippen molar-refractivity contribution in [1.82, 2.24) is 35.1 Å². The maximum atomic E-state index is 14.0. The van der Waals surface area contributed by atoms with Gasteiger partial charge in [-0.25, -0.2) is 8.78 Å². The molecule has 2 aromatic rings. The van der Waals surface area contributed by atoms with Gasteiger partial charge in [0.25, 0.3) is 17.7 Å². The molecule has 3 aliphatic rings. The molecule has 3 N–H and O–H groups in total. The monoisotopic (exact) mass is 574 g/mol. The lowest BCUT2D eigenvalue weighted by Crippen LogP contribution is -2.55. The van der Waals surface area contributed by atoms with Crippen LogP contribution in [-0.2, 0) is 21.7 Å². The number of anilines is 1. The first-order chi connectivity index (χ1) is 19.6. The van der Waals surface area contributed by atoms with Crippen LogP contribution in [0.3, 0.4) is 0 Å². The molecule has 3 fully saturated rings. The summed E-state index contributed by atoms with van der Waals surface area (Å²) in [5, 5.41) is 17.7. The summed E-state index contributed by atoms with van der Waals surface area (Å²) in [4.78, 5) is 41.7. The van der Waals surface area contributed by atoms with Gasteiger partial charge in [0.05, 0.1) is 18.4 Å². The molecule has 1 atom stereocenters. The summed E-state index contributed by atoms with van der Waals surface area (Å²) >= 11 is 0. The average Bonchev–Trinajstić information content (AvgIpc) is 3.72. The molecule has 5 rings (SSSR count). The third-order valence-corrected chi connectivity index (χ3v) is 8.92. The zero-order valence-corrected chi connectivity index (χ0v) is 23.7. The Bertz CT molecular complexity index is 1250. The van der Waals surface area contributed by atoms with E-state index in [1.165, 1.54) is 15.8 Å². The van der Waals surface area contributed by atoms with Crippen molar-refractivity contribution >= 4 is 23.4 Å². The molecular formula is C28H40F2N8O3. The highest BCUT2D eigenvalue weighted by Crippen LogP contribution is 2.35. The van der Waals surface area contributed by atoms with Crippen LogP contribution in [0.25, 0.3) is 0 Å². The second-order valence-corrected chi connectivity index (χ2v) is 11.8. The van der Waals surface area contributed by atoms with Gasteiger partial charge in [-0.1, -0.05) is 19.8 Å². The molecule has 13 heteroatoms. The normalized spacial score (nSPS) is 24.5. The zero-order valence-electron chi connectivity index (χ0n) is 23.7. The Kier molecular flexibility index (Phi) is 8.44. The van der Waals surface area contributed by atoms with Crippen LogP contribution in [0.2, 0.25) is 0 Å². The average molecular weight is 575 g/mol. The van der Waals surface area contributed by atoms with E-state index >= 15 is 0 Å². The first kappa shape index (κ1) is 29.2. The molecule has 11 nitrogen and oxygen atoms in total. The summed E-state index contributed by atoms with van der Waals surface area (Å²) in [6.07, 6.45) is 8.66. The van der Waals surface area contributed by atoms with Gasteiger partial charge < -0.3 is 20.9 Å². The molecule has 0 aromatic carbocycles. The highest BCUT2D eigenvalue weighted by molar-refractivity contribution is 6.00. The minimum atomic E-state index is -2.89. The largest absolute Gasteiger partial charge is 0.339 e. The number of hydrogen-bond acceptors (Lipinski definition) is 6. The van der Waals surface area contributed by atoms with E-state index in [9.17, 15) is 23.2 Å². The number of carbonyl (C=O) groups is 3. The highest BCUT2D eigenvalue weighted by atomic mass is 19.3. The summed E-state index contributed by atoms with van der Waals surface area (Å²) in [7, 11) is 0. The lowest BCUT2D eigenvalue weighted by Gasteiger charge is -2.39. The molecule has 41 heavy (non-hydrogen) atoms. The molecule has 2 saturated heterocycles. The zero-order chi connectivity index (χ0) is 29.2. The van der Waals surface area contributed by atoms with Gasteiger partial charge in [0, 0.05) is 31.9 Å². The molecule has 0 unspecified atom stereocenters. The fourth-order valence-electron chi connectivity index (χ4n) is 6.44. The lowest BCUT2D eigenvalue weighted by molar-refractivity contribution is -0.143. The van der Waals surface area contributed by atoms with E-state index in [0.29, 0.717) is 49.8 Å². The summed E-state index contributed by atoms with van der Waals surface area (Å²) in [5.41, 5.74) is -0.337. The third kappa shape index (κ3) is 6.14. The van der Waals surface area contributed by atoms with Crippen LogP contribution in [0, 0.1) is 11.8 Å². The number of nitrogens with one attached hydrogen (secondary N) is 3. The third-order valence-electron chi connectivity index (χ3n) is 8.92. The number of carbonyl (C=O) groups excluding carboxylic acids is 3. The first-order valence-corrected chi connectivity index (χ1v) is 14.7. The van der Waals surface area contributed by atoms with Gasteiger partial charge in [-0.2, -0.15) is 10.2 Å². The molecule has 0 bridgehead atoms.